The molecule has 0 heterocycles. The summed E-state index contributed by atoms with van der Waals surface area (Å²) in [7, 11) is 0. The van der Waals surface area contributed by atoms with Crippen LogP contribution in [0.15, 0.2) is 30.3 Å². The Kier molecular flexibility index (Phi) is 2.16. The molecule has 0 unspecified atom stereocenters. The Balaban J connectivity index is 2.79. The minimum atomic E-state index is 0.439. The number of hydrogen-bond acceptors (Lipinski definition) is 1. The molecule has 0 saturated carbocycles. The largest absolute Gasteiger partial charge is 0.507 e. The van der Waals surface area contributed by atoms with E-state index in [1.165, 1.54) is 5.56 Å². The van der Waals surface area contributed by atoms with Gasteiger partial charge in [-0.2, -0.15) is 0 Å². The summed E-state index contributed by atoms with van der Waals surface area (Å²) >= 11 is 0. The Morgan fingerprint density at radius 2 is 1.86 bits per heavy atom. The third kappa shape index (κ3) is 1.35. The first-order valence-corrected chi connectivity index (χ1v) is 4.93. The minimum Gasteiger partial charge on any atom is -0.507 e. The summed E-state index contributed by atoms with van der Waals surface area (Å²) in [5.41, 5.74) is 2.20. The monoisotopic (exact) mass is 186 g/mol. The zero-order valence-corrected chi connectivity index (χ0v) is 8.54. The molecular formula is C13H14O. The predicted molar refractivity (Wildman–Crippen MR) is 59.7 cm³/mol. The summed E-state index contributed by atoms with van der Waals surface area (Å²) in [6, 6.07) is 10.2. The number of hydrogen-bond donors (Lipinski definition) is 1. The van der Waals surface area contributed by atoms with E-state index in [1.807, 2.05) is 25.1 Å². The van der Waals surface area contributed by atoms with Gasteiger partial charge < -0.3 is 5.11 Å². The molecule has 2 aromatic carbocycles. The molecule has 14 heavy (non-hydrogen) atoms. The standard InChI is InChI=1S/C13H14O/c1-3-10-6-7-11-5-4-9(2)8-12(11)13(10)14/h4-8,14H,3H2,1-2H3. The Morgan fingerprint density at radius 1 is 1.14 bits per heavy atom. The van der Waals surface area contributed by atoms with Crippen LogP contribution in [0.3, 0.4) is 0 Å². The second-order valence-electron chi connectivity index (χ2n) is 3.65. The molecule has 1 heteroatoms. The van der Waals surface area contributed by atoms with Crippen LogP contribution >= 0.6 is 0 Å². The Bertz CT molecular complexity index is 472. The molecule has 72 valence electrons. The van der Waals surface area contributed by atoms with E-state index in [0.717, 1.165) is 22.8 Å². The lowest BCUT2D eigenvalue weighted by Gasteiger charge is -2.06. The topological polar surface area (TPSA) is 20.2 Å². The lowest BCUT2D eigenvalue weighted by Crippen LogP contribution is -1.84. The summed E-state index contributed by atoms with van der Waals surface area (Å²) in [5, 5.41) is 12.0. The van der Waals surface area contributed by atoms with Gasteiger partial charge in [0, 0.05) is 5.39 Å². The fraction of sp³-hybridized carbons (Fsp3) is 0.231. The molecule has 0 radical (unpaired) electrons. The fourth-order valence-electron chi connectivity index (χ4n) is 1.75. The Labute approximate surface area is 84.0 Å². The van der Waals surface area contributed by atoms with Gasteiger partial charge in [-0.1, -0.05) is 36.8 Å². The molecular weight excluding hydrogens is 172 g/mol. The van der Waals surface area contributed by atoms with Crippen molar-refractivity contribution in [3.63, 3.8) is 0 Å². The second-order valence-corrected chi connectivity index (χ2v) is 3.65. The highest BCUT2D eigenvalue weighted by atomic mass is 16.3. The smallest absolute Gasteiger partial charge is 0.126 e. The van der Waals surface area contributed by atoms with Crippen molar-refractivity contribution in [3.05, 3.63) is 41.5 Å². The zero-order valence-electron chi connectivity index (χ0n) is 8.54. The number of rotatable bonds is 1. The second kappa shape index (κ2) is 3.33. The molecule has 0 saturated heterocycles. The van der Waals surface area contributed by atoms with E-state index in [0.29, 0.717) is 5.75 Å². The number of phenolic OH excluding ortho intramolecular Hbond substituents is 1. The van der Waals surface area contributed by atoms with Gasteiger partial charge >= 0.3 is 0 Å². The maximum absolute atomic E-state index is 9.97. The van der Waals surface area contributed by atoms with Gasteiger partial charge in [0.05, 0.1) is 0 Å². The molecule has 2 aromatic rings. The molecule has 0 aliphatic rings. The van der Waals surface area contributed by atoms with Gasteiger partial charge in [-0.3, -0.25) is 0 Å². The molecule has 0 amide bonds. The minimum absolute atomic E-state index is 0.439. The average molecular weight is 186 g/mol. The van der Waals surface area contributed by atoms with E-state index in [9.17, 15) is 5.11 Å². The van der Waals surface area contributed by atoms with E-state index >= 15 is 0 Å². The zero-order chi connectivity index (χ0) is 10.1. The molecule has 1 N–H and O–H groups in total. The maximum atomic E-state index is 9.97. The van der Waals surface area contributed by atoms with Crippen LogP contribution in [0.5, 0.6) is 5.75 Å². The van der Waals surface area contributed by atoms with Gasteiger partial charge in [0.15, 0.2) is 0 Å². The molecule has 0 aliphatic heterocycles. The molecule has 0 atom stereocenters. The Hall–Kier alpha value is -1.50. The van der Waals surface area contributed by atoms with Crippen molar-refractivity contribution in [1.82, 2.24) is 0 Å². The van der Waals surface area contributed by atoms with Crippen LogP contribution < -0.4 is 0 Å². The van der Waals surface area contributed by atoms with Crippen LogP contribution in [0.4, 0.5) is 0 Å². The Morgan fingerprint density at radius 3 is 2.57 bits per heavy atom. The molecule has 2 rings (SSSR count). The lowest BCUT2D eigenvalue weighted by molar-refractivity contribution is 0.475. The number of benzene rings is 2. The van der Waals surface area contributed by atoms with E-state index in [4.69, 9.17) is 0 Å². The molecule has 0 aliphatic carbocycles. The van der Waals surface area contributed by atoms with Gasteiger partial charge in [-0.05, 0) is 30.4 Å². The molecule has 0 fully saturated rings. The van der Waals surface area contributed by atoms with Crippen LogP contribution in [-0.4, -0.2) is 5.11 Å². The maximum Gasteiger partial charge on any atom is 0.126 e. The predicted octanol–water partition coefficient (Wildman–Crippen LogP) is 3.42. The van der Waals surface area contributed by atoms with Crippen LogP contribution in [0.1, 0.15) is 18.1 Å². The van der Waals surface area contributed by atoms with Gasteiger partial charge in [0.1, 0.15) is 5.75 Å². The first kappa shape index (κ1) is 9.07. The van der Waals surface area contributed by atoms with E-state index in [2.05, 4.69) is 19.1 Å². The third-order valence-corrected chi connectivity index (χ3v) is 2.61. The summed E-state index contributed by atoms with van der Waals surface area (Å²) in [4.78, 5) is 0. The third-order valence-electron chi connectivity index (χ3n) is 2.61. The summed E-state index contributed by atoms with van der Waals surface area (Å²) in [6.45, 7) is 4.09. The average Bonchev–Trinajstić information content (AvgIpc) is 2.20. The molecule has 0 spiro atoms. The van der Waals surface area contributed by atoms with Crippen LogP contribution in [-0.2, 0) is 6.42 Å². The van der Waals surface area contributed by atoms with Gasteiger partial charge in [0.25, 0.3) is 0 Å². The quantitative estimate of drug-likeness (QED) is 0.723. The first-order chi connectivity index (χ1) is 6.72. The normalized spacial score (nSPS) is 10.7. The van der Waals surface area contributed by atoms with Crippen molar-refractivity contribution in [1.29, 1.82) is 0 Å². The number of phenols is 1. The summed E-state index contributed by atoms with van der Waals surface area (Å²) in [6.07, 6.45) is 0.871. The van der Waals surface area contributed by atoms with Crippen molar-refractivity contribution in [3.8, 4) is 5.75 Å². The number of aromatic hydroxyl groups is 1. The van der Waals surface area contributed by atoms with Crippen molar-refractivity contribution < 1.29 is 5.11 Å². The molecule has 0 aromatic heterocycles. The highest BCUT2D eigenvalue weighted by Gasteiger charge is 2.04. The fourth-order valence-corrected chi connectivity index (χ4v) is 1.75. The molecule has 0 bridgehead atoms. The van der Waals surface area contributed by atoms with E-state index < -0.39 is 0 Å². The van der Waals surface area contributed by atoms with Crippen molar-refractivity contribution in [2.24, 2.45) is 0 Å². The SMILES string of the molecule is CCc1ccc2ccc(C)cc2c1O. The highest BCUT2D eigenvalue weighted by molar-refractivity contribution is 5.89. The number of fused-ring (bicyclic) bond motifs is 1. The number of aryl methyl sites for hydroxylation is 2. The van der Waals surface area contributed by atoms with Crippen molar-refractivity contribution in [2.75, 3.05) is 0 Å². The summed E-state index contributed by atoms with van der Waals surface area (Å²) < 4.78 is 0. The van der Waals surface area contributed by atoms with E-state index in [-0.39, 0.29) is 0 Å². The lowest BCUT2D eigenvalue weighted by atomic mass is 10.0. The van der Waals surface area contributed by atoms with E-state index in [1.54, 1.807) is 0 Å². The van der Waals surface area contributed by atoms with Crippen LogP contribution in [0.25, 0.3) is 10.8 Å². The van der Waals surface area contributed by atoms with Gasteiger partial charge in [-0.15, -0.1) is 0 Å². The van der Waals surface area contributed by atoms with Crippen molar-refractivity contribution in [2.45, 2.75) is 20.3 Å². The first-order valence-electron chi connectivity index (χ1n) is 4.93. The van der Waals surface area contributed by atoms with Gasteiger partial charge in [-0.25, -0.2) is 0 Å². The van der Waals surface area contributed by atoms with Crippen LogP contribution in [0.2, 0.25) is 0 Å². The molecule has 1 nitrogen and oxygen atoms in total. The summed E-state index contributed by atoms with van der Waals surface area (Å²) in [5.74, 6) is 0.439. The highest BCUT2D eigenvalue weighted by Crippen LogP contribution is 2.29. The van der Waals surface area contributed by atoms with Gasteiger partial charge in [0.2, 0.25) is 0 Å². The van der Waals surface area contributed by atoms with Crippen LogP contribution in [0, 0.1) is 6.92 Å². The van der Waals surface area contributed by atoms with Crippen molar-refractivity contribution >= 4 is 10.8 Å².